The van der Waals surface area contributed by atoms with Gasteiger partial charge in [-0.05, 0) is 48.9 Å². The number of hydrogen-bond acceptors (Lipinski definition) is 6. The number of anilines is 2. The van der Waals surface area contributed by atoms with Gasteiger partial charge in [-0.15, -0.1) is 0 Å². The molecule has 4 heterocycles. The molecule has 0 radical (unpaired) electrons. The summed E-state index contributed by atoms with van der Waals surface area (Å²) in [5.74, 6) is 3.89. The minimum absolute atomic E-state index is 0.182. The number of imidazole rings is 1. The first-order chi connectivity index (χ1) is 18.3. The van der Waals surface area contributed by atoms with E-state index in [1.165, 1.54) is 19.5 Å². The number of aromatic nitrogens is 3. The molecular weight excluding hydrogens is 480 g/mol. The Kier molecular flexibility index (Phi) is 6.31. The first-order valence-corrected chi connectivity index (χ1v) is 13.3. The van der Waals surface area contributed by atoms with Crippen molar-refractivity contribution in [2.24, 2.45) is 11.8 Å². The van der Waals surface area contributed by atoms with Crippen LogP contribution in [0.3, 0.4) is 0 Å². The van der Waals surface area contributed by atoms with E-state index in [1.54, 1.807) is 6.07 Å². The molecule has 9 heteroatoms. The number of benzene rings is 1. The van der Waals surface area contributed by atoms with Crippen LogP contribution in [-0.4, -0.2) is 51.7 Å². The highest BCUT2D eigenvalue weighted by Gasteiger charge is 2.44. The second kappa shape index (κ2) is 9.79. The summed E-state index contributed by atoms with van der Waals surface area (Å²) in [5.41, 5.74) is 3.14. The molecule has 1 saturated carbocycles. The van der Waals surface area contributed by atoms with Crippen molar-refractivity contribution in [3.8, 4) is 17.0 Å². The number of urea groups is 1. The number of pyridine rings is 1. The predicted molar refractivity (Wildman–Crippen MR) is 147 cm³/mol. The third-order valence-corrected chi connectivity index (χ3v) is 7.30. The largest absolute Gasteiger partial charge is 0.492 e. The average molecular weight is 515 g/mol. The standard InChI is InChI=1S/C29H34N6O3/c1-29(2,3)25-14-26(33-38-25)32-28(36)30-22-7-5-19(6-8-22)24-18-35-17-23(9-10-27(35)31-24)37-12-4-11-34-15-20-13-21(20)16-34/h5-10,14,17-18,20-21H,4,11-13,15-16H2,1-3H3,(H2,30,32,33,36)/t20-,21?/m1/s1. The summed E-state index contributed by atoms with van der Waals surface area (Å²) in [4.78, 5) is 19.7. The van der Waals surface area contributed by atoms with Crippen LogP contribution in [0.25, 0.3) is 16.9 Å². The summed E-state index contributed by atoms with van der Waals surface area (Å²) in [6, 6.07) is 12.9. The third-order valence-electron chi connectivity index (χ3n) is 7.30. The second-order valence-electron chi connectivity index (χ2n) is 11.5. The van der Waals surface area contributed by atoms with Gasteiger partial charge in [-0.1, -0.05) is 38.1 Å². The lowest BCUT2D eigenvalue weighted by Gasteiger charge is -2.17. The Balaban J connectivity index is 1.02. The molecule has 6 rings (SSSR count). The lowest BCUT2D eigenvalue weighted by atomic mass is 9.93. The van der Waals surface area contributed by atoms with Crippen molar-refractivity contribution in [3.63, 3.8) is 0 Å². The number of amides is 2. The van der Waals surface area contributed by atoms with Crippen LogP contribution in [0, 0.1) is 11.8 Å². The van der Waals surface area contributed by atoms with Gasteiger partial charge in [-0.25, -0.2) is 9.78 Å². The maximum Gasteiger partial charge on any atom is 0.324 e. The topological polar surface area (TPSA) is 96.9 Å². The van der Waals surface area contributed by atoms with Crippen molar-refractivity contribution in [1.82, 2.24) is 19.4 Å². The first-order valence-electron chi connectivity index (χ1n) is 13.3. The molecule has 2 aliphatic rings. The zero-order valence-corrected chi connectivity index (χ0v) is 22.1. The third kappa shape index (κ3) is 5.52. The normalized spacial score (nSPS) is 18.9. The average Bonchev–Trinajstić information content (AvgIpc) is 3.26. The van der Waals surface area contributed by atoms with Crippen LogP contribution in [0.4, 0.5) is 16.3 Å². The quantitative estimate of drug-likeness (QED) is 0.295. The number of carbonyl (C=O) groups excluding carboxylic acids is 1. The van der Waals surface area contributed by atoms with Crippen molar-refractivity contribution in [2.45, 2.75) is 39.0 Å². The molecule has 4 aromatic rings. The molecule has 1 aromatic carbocycles. The molecule has 0 bridgehead atoms. The van der Waals surface area contributed by atoms with Crippen LogP contribution >= 0.6 is 0 Å². The van der Waals surface area contributed by atoms with Crippen molar-refractivity contribution in [3.05, 3.63) is 60.6 Å². The van der Waals surface area contributed by atoms with Gasteiger partial charge in [-0.3, -0.25) is 5.32 Å². The van der Waals surface area contributed by atoms with E-state index in [-0.39, 0.29) is 11.4 Å². The smallest absolute Gasteiger partial charge is 0.324 e. The number of nitrogens with zero attached hydrogens (tertiary/aromatic N) is 4. The van der Waals surface area contributed by atoms with E-state index in [2.05, 4.69) is 20.7 Å². The highest BCUT2D eigenvalue weighted by atomic mass is 16.5. The molecule has 2 atom stereocenters. The van der Waals surface area contributed by atoms with Crippen LogP contribution in [0.15, 0.2) is 59.4 Å². The van der Waals surface area contributed by atoms with Crippen molar-refractivity contribution < 1.29 is 14.1 Å². The zero-order valence-electron chi connectivity index (χ0n) is 22.1. The van der Waals surface area contributed by atoms with Gasteiger partial charge in [0.1, 0.15) is 17.2 Å². The van der Waals surface area contributed by atoms with Crippen LogP contribution < -0.4 is 15.4 Å². The maximum atomic E-state index is 12.4. The summed E-state index contributed by atoms with van der Waals surface area (Å²) in [6.07, 6.45) is 6.46. The molecule has 0 spiro atoms. The Morgan fingerprint density at radius 1 is 1.08 bits per heavy atom. The number of ether oxygens (including phenoxy) is 1. The molecule has 2 amide bonds. The number of carbonyl (C=O) groups is 1. The highest BCUT2D eigenvalue weighted by molar-refractivity contribution is 5.99. The number of piperidine rings is 1. The van der Waals surface area contributed by atoms with Gasteiger partial charge in [0.05, 0.1) is 18.5 Å². The van der Waals surface area contributed by atoms with E-state index in [9.17, 15) is 4.79 Å². The lowest BCUT2D eigenvalue weighted by Crippen LogP contribution is -2.25. The second-order valence-corrected chi connectivity index (χ2v) is 11.5. The summed E-state index contributed by atoms with van der Waals surface area (Å²) < 4.78 is 13.3. The molecule has 9 nitrogen and oxygen atoms in total. The summed E-state index contributed by atoms with van der Waals surface area (Å²) in [5, 5.41) is 9.44. The van der Waals surface area contributed by atoms with Crippen LogP contribution in [-0.2, 0) is 5.41 Å². The van der Waals surface area contributed by atoms with Gasteiger partial charge in [0.2, 0.25) is 0 Å². The number of hydrogen-bond donors (Lipinski definition) is 2. The van der Waals surface area contributed by atoms with Crippen molar-refractivity contribution in [1.29, 1.82) is 0 Å². The van der Waals surface area contributed by atoms with E-state index in [0.717, 1.165) is 54.1 Å². The van der Waals surface area contributed by atoms with Gasteiger partial charge in [0, 0.05) is 48.6 Å². The minimum Gasteiger partial charge on any atom is -0.492 e. The molecule has 1 saturated heterocycles. The van der Waals surface area contributed by atoms with Crippen LogP contribution in [0.2, 0.25) is 0 Å². The van der Waals surface area contributed by atoms with E-state index in [1.807, 2.05) is 74.0 Å². The Morgan fingerprint density at radius 2 is 1.87 bits per heavy atom. The number of nitrogens with one attached hydrogen (secondary N) is 2. The Bertz CT molecular complexity index is 1420. The molecular formula is C29H34N6O3. The fourth-order valence-electron chi connectivity index (χ4n) is 5.04. The SMILES string of the molecule is CC(C)(C)c1cc(NC(=O)Nc2ccc(-c3cn4cc(OCCCN5CC6C[C@@H]6C5)ccc4n3)cc2)no1. The summed E-state index contributed by atoms with van der Waals surface area (Å²) in [6.45, 7) is 10.5. The van der Waals surface area contributed by atoms with Crippen molar-refractivity contribution in [2.75, 3.05) is 36.9 Å². The minimum atomic E-state index is -0.385. The Labute approximate surface area is 222 Å². The molecule has 1 aliphatic carbocycles. The van der Waals surface area contributed by atoms with Gasteiger partial charge in [-0.2, -0.15) is 0 Å². The molecule has 3 aromatic heterocycles. The van der Waals surface area contributed by atoms with E-state index >= 15 is 0 Å². The molecule has 2 fully saturated rings. The summed E-state index contributed by atoms with van der Waals surface area (Å²) in [7, 11) is 0. The number of fused-ring (bicyclic) bond motifs is 2. The molecule has 1 aliphatic heterocycles. The maximum absolute atomic E-state index is 12.4. The fraction of sp³-hybridized carbons (Fsp3) is 0.414. The molecule has 198 valence electrons. The number of rotatable bonds is 8. The number of likely N-dealkylation sites (tertiary alicyclic amines) is 1. The molecule has 1 unspecified atom stereocenters. The van der Waals surface area contributed by atoms with E-state index in [4.69, 9.17) is 14.2 Å². The Morgan fingerprint density at radius 3 is 2.61 bits per heavy atom. The van der Waals surface area contributed by atoms with E-state index < -0.39 is 0 Å². The highest BCUT2D eigenvalue weighted by Crippen LogP contribution is 2.44. The van der Waals surface area contributed by atoms with Gasteiger partial charge >= 0.3 is 6.03 Å². The van der Waals surface area contributed by atoms with Gasteiger partial charge in [0.15, 0.2) is 5.82 Å². The van der Waals surface area contributed by atoms with Crippen LogP contribution in [0.1, 0.15) is 39.4 Å². The van der Waals surface area contributed by atoms with Gasteiger partial charge in [0.25, 0.3) is 0 Å². The van der Waals surface area contributed by atoms with Crippen molar-refractivity contribution >= 4 is 23.2 Å². The molecule has 2 N–H and O–H groups in total. The fourth-order valence-corrected chi connectivity index (χ4v) is 5.04. The van der Waals surface area contributed by atoms with Gasteiger partial charge < -0.3 is 23.9 Å². The van der Waals surface area contributed by atoms with E-state index in [0.29, 0.717) is 17.3 Å². The monoisotopic (exact) mass is 514 g/mol. The lowest BCUT2D eigenvalue weighted by molar-refractivity contribution is 0.249. The molecule has 38 heavy (non-hydrogen) atoms. The van der Waals surface area contributed by atoms with Crippen LogP contribution in [0.5, 0.6) is 5.75 Å². The zero-order chi connectivity index (χ0) is 26.3. The first kappa shape index (κ1) is 24.5. The summed E-state index contributed by atoms with van der Waals surface area (Å²) >= 11 is 0. The predicted octanol–water partition coefficient (Wildman–Crippen LogP) is 5.65. The Hall–Kier alpha value is -3.85.